The number of hydrogen-bond acceptors (Lipinski definition) is 4. The molecule has 0 aliphatic heterocycles. The molecular weight excluding hydrogens is 322 g/mol. The molecule has 0 aliphatic carbocycles. The van der Waals surface area contributed by atoms with Gasteiger partial charge in [-0.25, -0.2) is 9.50 Å². The van der Waals surface area contributed by atoms with Crippen molar-refractivity contribution < 1.29 is 0 Å². The topological polar surface area (TPSA) is 77.8 Å². The summed E-state index contributed by atoms with van der Waals surface area (Å²) in [5.41, 5.74) is 5.10. The lowest BCUT2D eigenvalue weighted by atomic mass is 9.96. The zero-order valence-electron chi connectivity index (χ0n) is 14.4. The molecular formula is C21H15N5. The maximum absolute atomic E-state index is 9.83. The van der Waals surface area contributed by atoms with Gasteiger partial charge in [0.15, 0.2) is 11.3 Å². The molecule has 0 radical (unpaired) electrons. The molecule has 0 spiro atoms. The van der Waals surface area contributed by atoms with Crippen molar-refractivity contribution in [1.29, 1.82) is 10.5 Å². The summed E-state index contributed by atoms with van der Waals surface area (Å²) in [6.45, 7) is 4.25. The van der Waals surface area contributed by atoms with Crippen LogP contribution in [0.2, 0.25) is 0 Å². The summed E-state index contributed by atoms with van der Waals surface area (Å²) in [5, 5.41) is 23.9. The van der Waals surface area contributed by atoms with Crippen molar-refractivity contribution in [3.63, 3.8) is 0 Å². The predicted octanol–water partition coefficient (Wildman–Crippen LogP) is 4.42. The number of fused-ring (bicyclic) bond motifs is 3. The Morgan fingerprint density at radius 3 is 2.35 bits per heavy atom. The molecule has 5 heteroatoms. The SMILES string of the molecule is CC(C)c1ccc(-c2c(C#N)nn3c(nc4ccccc43)c2C#N)cc1. The average Bonchev–Trinajstić information content (AvgIpc) is 3.04. The van der Waals surface area contributed by atoms with Crippen LogP contribution in [0.3, 0.4) is 0 Å². The van der Waals surface area contributed by atoms with E-state index in [0.717, 1.165) is 16.6 Å². The molecule has 4 rings (SSSR count). The van der Waals surface area contributed by atoms with Crippen molar-refractivity contribution in [3.8, 4) is 23.3 Å². The Morgan fingerprint density at radius 2 is 1.69 bits per heavy atom. The number of aromatic nitrogens is 3. The quantitative estimate of drug-likeness (QED) is 0.542. The average molecular weight is 337 g/mol. The van der Waals surface area contributed by atoms with Gasteiger partial charge in [-0.05, 0) is 29.2 Å². The van der Waals surface area contributed by atoms with E-state index in [1.54, 1.807) is 4.52 Å². The third-order valence-corrected chi connectivity index (χ3v) is 4.53. The smallest absolute Gasteiger partial charge is 0.173 e. The van der Waals surface area contributed by atoms with E-state index in [4.69, 9.17) is 0 Å². The monoisotopic (exact) mass is 337 g/mol. The van der Waals surface area contributed by atoms with Crippen LogP contribution in [0.1, 0.15) is 36.6 Å². The second-order valence-corrected chi connectivity index (χ2v) is 6.43. The van der Waals surface area contributed by atoms with Gasteiger partial charge in [-0.15, -0.1) is 0 Å². The van der Waals surface area contributed by atoms with Crippen LogP contribution in [0.4, 0.5) is 0 Å². The largest absolute Gasteiger partial charge is 0.226 e. The molecule has 0 saturated heterocycles. The summed E-state index contributed by atoms with van der Waals surface area (Å²) < 4.78 is 1.58. The zero-order chi connectivity index (χ0) is 18.3. The highest BCUT2D eigenvalue weighted by Gasteiger charge is 2.20. The molecule has 4 aromatic rings. The van der Waals surface area contributed by atoms with Crippen LogP contribution in [0, 0.1) is 22.7 Å². The van der Waals surface area contributed by atoms with Crippen molar-refractivity contribution >= 4 is 16.7 Å². The molecule has 0 fully saturated rings. The Labute approximate surface area is 150 Å². The number of imidazole rings is 1. The van der Waals surface area contributed by atoms with Gasteiger partial charge in [-0.1, -0.05) is 50.2 Å². The van der Waals surface area contributed by atoms with Crippen LogP contribution in [0.15, 0.2) is 48.5 Å². The lowest BCUT2D eigenvalue weighted by molar-refractivity contribution is 0.867. The first kappa shape index (κ1) is 15.8. The number of hydrogen-bond donors (Lipinski definition) is 0. The summed E-state index contributed by atoms with van der Waals surface area (Å²) in [6, 6.07) is 19.8. The summed E-state index contributed by atoms with van der Waals surface area (Å²) in [4.78, 5) is 4.56. The summed E-state index contributed by atoms with van der Waals surface area (Å²) in [6.07, 6.45) is 0. The first-order chi connectivity index (χ1) is 12.6. The Hall–Kier alpha value is -3.70. The summed E-state index contributed by atoms with van der Waals surface area (Å²) in [5.74, 6) is 0.410. The van der Waals surface area contributed by atoms with Crippen LogP contribution < -0.4 is 0 Å². The van der Waals surface area contributed by atoms with Gasteiger partial charge >= 0.3 is 0 Å². The van der Waals surface area contributed by atoms with Crippen molar-refractivity contribution in [1.82, 2.24) is 14.6 Å². The highest BCUT2D eigenvalue weighted by molar-refractivity contribution is 5.87. The second-order valence-electron chi connectivity index (χ2n) is 6.43. The molecule has 2 aromatic carbocycles. The van der Waals surface area contributed by atoms with Gasteiger partial charge in [-0.3, -0.25) is 0 Å². The van der Waals surface area contributed by atoms with E-state index in [0.29, 0.717) is 22.7 Å². The van der Waals surface area contributed by atoms with Gasteiger partial charge in [0.05, 0.1) is 11.0 Å². The van der Waals surface area contributed by atoms with E-state index in [-0.39, 0.29) is 5.69 Å². The van der Waals surface area contributed by atoms with Gasteiger partial charge in [0.25, 0.3) is 0 Å². The Bertz CT molecular complexity index is 1220. The molecule has 2 heterocycles. The predicted molar refractivity (Wildman–Crippen MR) is 99.4 cm³/mol. The minimum Gasteiger partial charge on any atom is -0.226 e. The molecule has 2 aromatic heterocycles. The van der Waals surface area contributed by atoms with Crippen molar-refractivity contribution in [3.05, 3.63) is 65.4 Å². The van der Waals surface area contributed by atoms with E-state index in [2.05, 4.69) is 36.1 Å². The number of nitriles is 2. The molecule has 26 heavy (non-hydrogen) atoms. The summed E-state index contributed by atoms with van der Waals surface area (Å²) in [7, 11) is 0. The van der Waals surface area contributed by atoms with E-state index in [1.807, 2.05) is 48.5 Å². The molecule has 124 valence electrons. The van der Waals surface area contributed by atoms with E-state index in [1.165, 1.54) is 5.56 Å². The maximum Gasteiger partial charge on any atom is 0.173 e. The fourth-order valence-electron chi connectivity index (χ4n) is 3.16. The minimum atomic E-state index is 0.217. The number of benzene rings is 2. The Morgan fingerprint density at radius 1 is 0.962 bits per heavy atom. The lowest BCUT2D eigenvalue weighted by Gasteiger charge is -2.10. The van der Waals surface area contributed by atoms with Crippen LogP contribution in [0.5, 0.6) is 0 Å². The molecule has 0 amide bonds. The molecule has 0 N–H and O–H groups in total. The van der Waals surface area contributed by atoms with Crippen LogP contribution in [-0.4, -0.2) is 14.6 Å². The Balaban J connectivity index is 2.07. The minimum absolute atomic E-state index is 0.217. The second kappa shape index (κ2) is 5.98. The standard InChI is InChI=1S/C21H15N5/c1-13(2)14-7-9-15(10-8-14)20-16(11-22)21-24-17-5-3-4-6-19(17)26(21)25-18(20)12-23/h3-10,13H,1-2H3. The molecule has 0 unspecified atom stereocenters. The van der Waals surface area contributed by atoms with Crippen molar-refractivity contribution in [2.24, 2.45) is 0 Å². The third-order valence-electron chi connectivity index (χ3n) is 4.53. The Kier molecular flexibility index (Phi) is 3.64. The van der Waals surface area contributed by atoms with E-state index >= 15 is 0 Å². The highest BCUT2D eigenvalue weighted by atomic mass is 15.3. The van der Waals surface area contributed by atoms with Crippen molar-refractivity contribution in [2.75, 3.05) is 0 Å². The first-order valence-electron chi connectivity index (χ1n) is 8.36. The molecule has 0 saturated carbocycles. The zero-order valence-corrected chi connectivity index (χ0v) is 14.4. The maximum atomic E-state index is 9.83. The molecule has 5 nitrogen and oxygen atoms in total. The normalized spacial score (nSPS) is 11.0. The fraction of sp³-hybridized carbons (Fsp3) is 0.143. The fourth-order valence-corrected chi connectivity index (χ4v) is 3.16. The van der Waals surface area contributed by atoms with Gasteiger partial charge < -0.3 is 0 Å². The highest BCUT2D eigenvalue weighted by Crippen LogP contribution is 2.31. The molecule has 0 aliphatic rings. The van der Waals surface area contributed by atoms with Gasteiger partial charge in [0, 0.05) is 5.56 Å². The van der Waals surface area contributed by atoms with E-state index in [9.17, 15) is 10.5 Å². The first-order valence-corrected chi connectivity index (χ1v) is 8.36. The van der Waals surface area contributed by atoms with Crippen LogP contribution in [0.25, 0.3) is 27.8 Å². The molecule has 0 atom stereocenters. The van der Waals surface area contributed by atoms with Crippen LogP contribution >= 0.6 is 0 Å². The van der Waals surface area contributed by atoms with Gasteiger partial charge in [-0.2, -0.15) is 15.6 Å². The van der Waals surface area contributed by atoms with Gasteiger partial charge in [0.2, 0.25) is 0 Å². The third kappa shape index (κ3) is 2.30. The number of rotatable bonds is 2. The number of nitrogens with zero attached hydrogens (tertiary/aromatic N) is 5. The van der Waals surface area contributed by atoms with E-state index < -0.39 is 0 Å². The van der Waals surface area contributed by atoms with Gasteiger partial charge in [0.1, 0.15) is 17.7 Å². The lowest BCUT2D eigenvalue weighted by Crippen LogP contribution is -2.03. The van der Waals surface area contributed by atoms with Crippen LogP contribution in [-0.2, 0) is 0 Å². The summed E-state index contributed by atoms with van der Waals surface area (Å²) >= 11 is 0. The molecule has 0 bridgehead atoms. The number of para-hydroxylation sites is 2. The van der Waals surface area contributed by atoms with Crippen molar-refractivity contribution in [2.45, 2.75) is 19.8 Å².